The predicted molar refractivity (Wildman–Crippen MR) is 138 cm³/mol. The van der Waals surface area contributed by atoms with Crippen LogP contribution in [0.3, 0.4) is 0 Å². The van der Waals surface area contributed by atoms with E-state index in [2.05, 4.69) is 15.0 Å². The van der Waals surface area contributed by atoms with Gasteiger partial charge in [-0.2, -0.15) is 0 Å². The second kappa shape index (κ2) is 8.93. The molecule has 1 saturated heterocycles. The molecule has 0 N–H and O–H groups in total. The molecule has 194 valence electrons. The maximum absolute atomic E-state index is 14.6. The number of rotatable bonds is 2. The minimum Gasteiger partial charge on any atom is -0.444 e. The van der Waals surface area contributed by atoms with Crippen LogP contribution in [0.2, 0.25) is 0 Å². The summed E-state index contributed by atoms with van der Waals surface area (Å²) in [5.41, 5.74) is 1.75. The number of fused-ring (bicyclic) bond motifs is 2. The number of aromatic nitrogens is 5. The number of imidazole rings is 1. The van der Waals surface area contributed by atoms with E-state index < -0.39 is 11.4 Å². The lowest BCUT2D eigenvalue weighted by molar-refractivity contribution is 0.00773. The lowest BCUT2D eigenvalue weighted by Gasteiger charge is -2.38. The number of ether oxygens (including phenoxy) is 1. The summed E-state index contributed by atoms with van der Waals surface area (Å²) in [5, 5.41) is 0.438. The average molecular weight is 507 g/mol. The number of aryl methyl sites for hydroxylation is 2. The molecule has 2 atom stereocenters. The van der Waals surface area contributed by atoms with Gasteiger partial charge in [0, 0.05) is 42.8 Å². The third-order valence-electron chi connectivity index (χ3n) is 6.71. The highest BCUT2D eigenvalue weighted by Gasteiger charge is 2.33. The van der Waals surface area contributed by atoms with Crippen LogP contribution in [-0.2, 0) is 4.74 Å². The van der Waals surface area contributed by atoms with Gasteiger partial charge in [-0.1, -0.05) is 0 Å². The number of hydrogen-bond donors (Lipinski definition) is 0. The molecule has 0 unspecified atom stereocenters. The highest BCUT2D eigenvalue weighted by molar-refractivity contribution is 5.81. The van der Waals surface area contributed by atoms with Gasteiger partial charge in [-0.05, 0) is 66.5 Å². The topological polar surface area (TPSA) is 94.6 Å². The molecule has 0 aromatic carbocycles. The van der Waals surface area contributed by atoms with Crippen LogP contribution in [0.5, 0.6) is 0 Å². The third kappa shape index (κ3) is 4.68. The molecule has 1 amide bonds. The van der Waals surface area contributed by atoms with Gasteiger partial charge >= 0.3 is 6.09 Å². The molecule has 1 aliphatic rings. The zero-order valence-electron chi connectivity index (χ0n) is 21.9. The van der Waals surface area contributed by atoms with Gasteiger partial charge in [-0.25, -0.2) is 24.1 Å². The van der Waals surface area contributed by atoms with E-state index >= 15 is 0 Å². The number of carbonyl (C=O) groups is 1. The molecule has 0 aliphatic carbocycles. The number of carbonyl (C=O) groups excluding carboxylic acids is 1. The van der Waals surface area contributed by atoms with Crippen molar-refractivity contribution in [3.05, 3.63) is 58.3 Å². The first-order valence-corrected chi connectivity index (χ1v) is 12.5. The molecule has 1 fully saturated rings. The highest BCUT2D eigenvalue weighted by atomic mass is 19.1. The first kappa shape index (κ1) is 24.9. The van der Waals surface area contributed by atoms with Crippen molar-refractivity contribution >= 4 is 22.6 Å². The van der Waals surface area contributed by atoms with Crippen molar-refractivity contribution in [1.82, 2.24) is 28.8 Å². The number of hydrogen-bond acceptors (Lipinski definition) is 6. The Labute approximate surface area is 213 Å². The van der Waals surface area contributed by atoms with Crippen molar-refractivity contribution in [3.63, 3.8) is 0 Å². The van der Waals surface area contributed by atoms with E-state index in [4.69, 9.17) is 4.74 Å². The molecule has 5 heterocycles. The quantitative estimate of drug-likeness (QED) is 0.387. The number of piperidine rings is 1. The fourth-order valence-electron chi connectivity index (χ4n) is 5.04. The maximum atomic E-state index is 14.6. The third-order valence-corrected chi connectivity index (χ3v) is 6.71. The summed E-state index contributed by atoms with van der Waals surface area (Å²) in [7, 11) is 0. The van der Waals surface area contributed by atoms with Gasteiger partial charge in [-0.3, -0.25) is 4.79 Å². The lowest BCUT2D eigenvalue weighted by atomic mass is 9.98. The van der Waals surface area contributed by atoms with Gasteiger partial charge in [0.25, 0.3) is 5.56 Å². The van der Waals surface area contributed by atoms with Crippen molar-refractivity contribution in [2.45, 2.75) is 72.1 Å². The SMILES string of the molecule is Cc1cn2cc(-c3nc(C)c4c(=O)n([C@H]5CCN(C(=O)OC(C)(C)C)[C@@H](C)C5)ccc4n3)cc(F)c2n1. The Morgan fingerprint density at radius 2 is 1.92 bits per heavy atom. The summed E-state index contributed by atoms with van der Waals surface area (Å²) in [6.45, 7) is 11.6. The summed E-state index contributed by atoms with van der Waals surface area (Å²) in [5.74, 6) is -0.122. The normalized spacial score (nSPS) is 18.5. The first-order chi connectivity index (χ1) is 17.4. The van der Waals surface area contributed by atoms with Crippen molar-refractivity contribution in [2.24, 2.45) is 0 Å². The second-order valence-corrected chi connectivity index (χ2v) is 10.8. The summed E-state index contributed by atoms with van der Waals surface area (Å²) in [6.07, 6.45) is 6.17. The van der Waals surface area contributed by atoms with Crippen LogP contribution in [0.15, 0.2) is 35.5 Å². The van der Waals surface area contributed by atoms with E-state index in [1.807, 2.05) is 27.7 Å². The smallest absolute Gasteiger partial charge is 0.410 e. The fraction of sp³-hybridized carbons (Fsp3) is 0.444. The van der Waals surface area contributed by atoms with Crippen molar-refractivity contribution in [1.29, 1.82) is 0 Å². The molecule has 10 heteroatoms. The van der Waals surface area contributed by atoms with Crippen molar-refractivity contribution < 1.29 is 13.9 Å². The van der Waals surface area contributed by atoms with Gasteiger partial charge in [0.05, 0.1) is 22.3 Å². The molecular weight excluding hydrogens is 475 g/mol. The summed E-state index contributed by atoms with van der Waals surface area (Å²) >= 11 is 0. The zero-order valence-corrected chi connectivity index (χ0v) is 21.9. The van der Waals surface area contributed by atoms with E-state index in [-0.39, 0.29) is 29.4 Å². The van der Waals surface area contributed by atoms with Crippen molar-refractivity contribution in [3.8, 4) is 11.4 Å². The Bertz CT molecular complexity index is 1590. The highest BCUT2D eigenvalue weighted by Crippen LogP contribution is 2.29. The Balaban J connectivity index is 1.45. The molecule has 4 aromatic heterocycles. The van der Waals surface area contributed by atoms with Crippen LogP contribution in [0.25, 0.3) is 27.9 Å². The Kier molecular flexibility index (Phi) is 6.00. The number of halogens is 1. The van der Waals surface area contributed by atoms with Gasteiger partial charge in [0.2, 0.25) is 0 Å². The average Bonchev–Trinajstić information content (AvgIpc) is 3.18. The largest absolute Gasteiger partial charge is 0.444 e. The summed E-state index contributed by atoms with van der Waals surface area (Å²) < 4.78 is 23.5. The molecule has 9 nitrogen and oxygen atoms in total. The predicted octanol–water partition coefficient (Wildman–Crippen LogP) is 4.82. The number of amides is 1. The molecular formula is C27H31FN6O3. The standard InChI is InChI=1S/C27H31FN6O3/c1-15-13-32-14-18(12-20(28)24(32)29-15)23-30-17(3)22-21(31-23)8-10-34(25(22)35)19-7-9-33(16(2)11-19)26(36)37-27(4,5)6/h8,10,12-14,16,19H,7,9,11H2,1-6H3/t16-,19-/m0/s1. The van der Waals surface area contributed by atoms with Gasteiger partial charge in [-0.15, -0.1) is 0 Å². The molecule has 0 bridgehead atoms. The van der Waals surface area contributed by atoms with E-state index in [0.717, 1.165) is 0 Å². The number of pyridine rings is 2. The van der Waals surface area contributed by atoms with E-state index in [1.54, 1.807) is 52.4 Å². The van der Waals surface area contributed by atoms with Crippen LogP contribution in [-0.4, -0.2) is 53.1 Å². The summed E-state index contributed by atoms with van der Waals surface area (Å²) in [4.78, 5) is 41.2. The lowest BCUT2D eigenvalue weighted by Crippen LogP contribution is -2.48. The maximum Gasteiger partial charge on any atom is 0.410 e. The van der Waals surface area contributed by atoms with Gasteiger partial charge < -0.3 is 18.6 Å². The zero-order chi connectivity index (χ0) is 26.6. The monoisotopic (exact) mass is 506 g/mol. The molecule has 0 radical (unpaired) electrons. The molecule has 0 spiro atoms. The van der Waals surface area contributed by atoms with E-state index in [0.29, 0.717) is 53.1 Å². The Morgan fingerprint density at radius 1 is 1.16 bits per heavy atom. The molecule has 1 aliphatic heterocycles. The van der Waals surface area contributed by atoms with Crippen LogP contribution < -0.4 is 5.56 Å². The summed E-state index contributed by atoms with van der Waals surface area (Å²) in [6, 6.07) is 3.03. The molecule has 4 aromatic rings. The van der Waals surface area contributed by atoms with Crippen molar-refractivity contribution in [2.75, 3.05) is 6.54 Å². The van der Waals surface area contributed by atoms with E-state index in [9.17, 15) is 14.0 Å². The fourth-order valence-corrected chi connectivity index (χ4v) is 5.04. The van der Waals surface area contributed by atoms with Crippen LogP contribution in [0, 0.1) is 19.7 Å². The van der Waals surface area contributed by atoms with Gasteiger partial charge in [0.1, 0.15) is 5.60 Å². The van der Waals surface area contributed by atoms with Crippen LogP contribution in [0.4, 0.5) is 9.18 Å². The molecule has 0 saturated carbocycles. The van der Waals surface area contributed by atoms with Crippen LogP contribution in [0.1, 0.15) is 58.0 Å². The minimum absolute atomic E-state index is 0.0642. The van der Waals surface area contributed by atoms with Crippen LogP contribution >= 0.6 is 0 Å². The molecule has 5 rings (SSSR count). The number of nitrogens with zero attached hydrogens (tertiary/aromatic N) is 6. The first-order valence-electron chi connectivity index (χ1n) is 12.5. The number of likely N-dealkylation sites (tertiary alicyclic amines) is 1. The Morgan fingerprint density at radius 3 is 2.62 bits per heavy atom. The van der Waals surface area contributed by atoms with Gasteiger partial charge in [0.15, 0.2) is 17.3 Å². The Hall–Kier alpha value is -3.82. The molecule has 37 heavy (non-hydrogen) atoms. The second-order valence-electron chi connectivity index (χ2n) is 10.8. The van der Waals surface area contributed by atoms with E-state index in [1.165, 1.54) is 6.07 Å². The minimum atomic E-state index is -0.561.